The SMILES string of the molecule is CCn1c(=O)oc2cc(NC(=O)Nc3cccc(SC)c3)ccc21. The van der Waals surface area contributed by atoms with Gasteiger partial charge in [0.25, 0.3) is 0 Å². The highest BCUT2D eigenvalue weighted by Gasteiger charge is 2.10. The molecule has 0 fully saturated rings. The molecule has 6 nitrogen and oxygen atoms in total. The summed E-state index contributed by atoms with van der Waals surface area (Å²) in [4.78, 5) is 24.9. The first-order valence-electron chi connectivity index (χ1n) is 7.46. The Bertz CT molecular complexity index is 946. The molecule has 0 saturated heterocycles. The second kappa shape index (κ2) is 6.84. The molecule has 0 radical (unpaired) electrons. The number of nitrogens with one attached hydrogen (secondary N) is 2. The van der Waals surface area contributed by atoms with Gasteiger partial charge in [-0.15, -0.1) is 11.8 Å². The number of anilines is 2. The Balaban J connectivity index is 1.76. The lowest BCUT2D eigenvalue weighted by Crippen LogP contribution is -2.19. The van der Waals surface area contributed by atoms with Crippen LogP contribution in [0.25, 0.3) is 11.1 Å². The van der Waals surface area contributed by atoms with Crippen molar-refractivity contribution in [1.29, 1.82) is 0 Å². The number of aryl methyl sites for hydroxylation is 1. The fraction of sp³-hybridized carbons (Fsp3) is 0.176. The van der Waals surface area contributed by atoms with Gasteiger partial charge in [0.2, 0.25) is 0 Å². The molecule has 2 amide bonds. The number of thioether (sulfide) groups is 1. The zero-order valence-electron chi connectivity index (χ0n) is 13.3. The third kappa shape index (κ3) is 3.30. The van der Waals surface area contributed by atoms with Crippen LogP contribution in [0.5, 0.6) is 0 Å². The van der Waals surface area contributed by atoms with Gasteiger partial charge in [0.1, 0.15) is 0 Å². The van der Waals surface area contributed by atoms with E-state index >= 15 is 0 Å². The lowest BCUT2D eigenvalue weighted by molar-refractivity contribution is 0.262. The Morgan fingerprint density at radius 1 is 1.17 bits per heavy atom. The highest BCUT2D eigenvalue weighted by atomic mass is 32.2. The van der Waals surface area contributed by atoms with E-state index in [1.807, 2.05) is 37.4 Å². The van der Waals surface area contributed by atoms with E-state index in [1.54, 1.807) is 30.0 Å². The van der Waals surface area contributed by atoms with Crippen LogP contribution in [-0.4, -0.2) is 16.9 Å². The molecular formula is C17H17N3O3S. The van der Waals surface area contributed by atoms with E-state index in [0.29, 0.717) is 29.0 Å². The fourth-order valence-electron chi connectivity index (χ4n) is 2.44. The molecule has 7 heteroatoms. The smallest absolute Gasteiger partial charge is 0.408 e. The van der Waals surface area contributed by atoms with E-state index < -0.39 is 5.76 Å². The monoisotopic (exact) mass is 343 g/mol. The molecule has 3 aromatic rings. The van der Waals surface area contributed by atoms with E-state index in [9.17, 15) is 9.59 Å². The van der Waals surface area contributed by atoms with E-state index in [2.05, 4.69) is 10.6 Å². The topological polar surface area (TPSA) is 76.3 Å². The van der Waals surface area contributed by atoms with Crippen LogP contribution in [0.3, 0.4) is 0 Å². The zero-order valence-corrected chi connectivity index (χ0v) is 14.1. The molecular weight excluding hydrogens is 326 g/mol. The molecule has 0 aliphatic rings. The molecule has 1 heterocycles. The van der Waals surface area contributed by atoms with Crippen LogP contribution in [0.15, 0.2) is 56.6 Å². The summed E-state index contributed by atoms with van der Waals surface area (Å²) >= 11 is 1.61. The highest BCUT2D eigenvalue weighted by molar-refractivity contribution is 7.98. The summed E-state index contributed by atoms with van der Waals surface area (Å²) < 4.78 is 6.73. The van der Waals surface area contributed by atoms with E-state index in [4.69, 9.17) is 4.42 Å². The van der Waals surface area contributed by atoms with Crippen molar-refractivity contribution in [3.63, 3.8) is 0 Å². The summed E-state index contributed by atoms with van der Waals surface area (Å²) in [7, 11) is 0. The van der Waals surface area contributed by atoms with Gasteiger partial charge in [-0.1, -0.05) is 6.07 Å². The highest BCUT2D eigenvalue weighted by Crippen LogP contribution is 2.21. The maximum Gasteiger partial charge on any atom is 0.419 e. The van der Waals surface area contributed by atoms with Crippen molar-refractivity contribution >= 4 is 40.3 Å². The molecule has 124 valence electrons. The molecule has 1 aromatic heterocycles. The molecule has 0 aliphatic heterocycles. The minimum absolute atomic E-state index is 0.357. The standard InChI is InChI=1S/C17H17N3O3S/c1-3-20-14-8-7-12(10-15(14)23-17(20)22)19-16(21)18-11-5-4-6-13(9-11)24-2/h4-10H,3H2,1-2H3,(H2,18,19,21). The number of urea groups is 1. The Kier molecular flexibility index (Phi) is 4.61. The van der Waals surface area contributed by atoms with Gasteiger partial charge in [-0.05, 0) is 43.5 Å². The average molecular weight is 343 g/mol. The van der Waals surface area contributed by atoms with Crippen LogP contribution in [0.2, 0.25) is 0 Å². The number of rotatable bonds is 4. The van der Waals surface area contributed by atoms with E-state index in [0.717, 1.165) is 4.90 Å². The summed E-state index contributed by atoms with van der Waals surface area (Å²) in [6.07, 6.45) is 1.98. The lowest BCUT2D eigenvalue weighted by Gasteiger charge is -2.08. The quantitative estimate of drug-likeness (QED) is 0.703. The molecule has 0 spiro atoms. The Labute approximate surface area is 142 Å². The summed E-state index contributed by atoms with van der Waals surface area (Å²) in [5.74, 6) is -0.400. The third-order valence-corrected chi connectivity index (χ3v) is 4.30. The van der Waals surface area contributed by atoms with Crippen molar-refractivity contribution in [2.75, 3.05) is 16.9 Å². The minimum atomic E-state index is -0.400. The first-order valence-corrected chi connectivity index (χ1v) is 8.68. The minimum Gasteiger partial charge on any atom is -0.408 e. The van der Waals surface area contributed by atoms with Crippen molar-refractivity contribution < 1.29 is 9.21 Å². The van der Waals surface area contributed by atoms with Gasteiger partial charge in [-0.2, -0.15) is 0 Å². The number of carbonyl (C=O) groups is 1. The number of fused-ring (bicyclic) bond motifs is 1. The number of nitrogens with zero attached hydrogens (tertiary/aromatic N) is 1. The molecule has 3 rings (SSSR count). The normalized spacial score (nSPS) is 10.8. The van der Waals surface area contributed by atoms with Crippen LogP contribution in [-0.2, 0) is 6.54 Å². The second-order valence-corrected chi connectivity index (χ2v) is 5.99. The zero-order chi connectivity index (χ0) is 17.1. The average Bonchev–Trinajstić information content (AvgIpc) is 2.89. The number of aromatic nitrogens is 1. The molecule has 0 unspecified atom stereocenters. The first kappa shape index (κ1) is 16.2. The van der Waals surface area contributed by atoms with Crippen molar-refractivity contribution in [3.8, 4) is 0 Å². The predicted octanol–water partition coefficient (Wildman–Crippen LogP) is 3.98. The van der Waals surface area contributed by atoms with Crippen LogP contribution < -0.4 is 16.4 Å². The van der Waals surface area contributed by atoms with E-state index in [-0.39, 0.29) is 6.03 Å². The van der Waals surface area contributed by atoms with Gasteiger partial charge in [0.15, 0.2) is 5.58 Å². The molecule has 2 aromatic carbocycles. The number of hydrogen-bond donors (Lipinski definition) is 2. The number of oxazole rings is 1. The van der Waals surface area contributed by atoms with E-state index in [1.165, 1.54) is 4.57 Å². The van der Waals surface area contributed by atoms with Crippen molar-refractivity contribution in [1.82, 2.24) is 4.57 Å². The molecule has 2 N–H and O–H groups in total. The maximum atomic E-state index is 12.1. The third-order valence-electron chi connectivity index (χ3n) is 3.57. The van der Waals surface area contributed by atoms with Gasteiger partial charge >= 0.3 is 11.8 Å². The molecule has 0 atom stereocenters. The van der Waals surface area contributed by atoms with Crippen molar-refractivity contribution in [2.45, 2.75) is 18.4 Å². The first-order chi connectivity index (χ1) is 11.6. The van der Waals surface area contributed by atoms with Crippen LogP contribution in [0, 0.1) is 0 Å². The van der Waals surface area contributed by atoms with Crippen LogP contribution in [0.1, 0.15) is 6.92 Å². The largest absolute Gasteiger partial charge is 0.419 e. The second-order valence-electron chi connectivity index (χ2n) is 5.11. The molecule has 24 heavy (non-hydrogen) atoms. The van der Waals surface area contributed by atoms with Gasteiger partial charge in [-0.25, -0.2) is 9.59 Å². The fourth-order valence-corrected chi connectivity index (χ4v) is 2.90. The van der Waals surface area contributed by atoms with Crippen molar-refractivity contribution in [2.24, 2.45) is 0 Å². The number of hydrogen-bond acceptors (Lipinski definition) is 4. The number of benzene rings is 2. The maximum absolute atomic E-state index is 12.1. The Morgan fingerprint density at radius 3 is 2.62 bits per heavy atom. The summed E-state index contributed by atoms with van der Waals surface area (Å²) in [5, 5.41) is 5.52. The molecule has 0 saturated carbocycles. The van der Waals surface area contributed by atoms with Crippen LogP contribution >= 0.6 is 11.8 Å². The van der Waals surface area contributed by atoms with Gasteiger partial charge in [-0.3, -0.25) is 4.57 Å². The summed E-state index contributed by atoms with van der Waals surface area (Å²) in [6.45, 7) is 2.41. The molecule has 0 aliphatic carbocycles. The summed E-state index contributed by atoms with van der Waals surface area (Å²) in [6, 6.07) is 12.4. The summed E-state index contributed by atoms with van der Waals surface area (Å²) in [5.41, 5.74) is 2.42. The predicted molar refractivity (Wildman–Crippen MR) is 97.0 cm³/mol. The van der Waals surface area contributed by atoms with Gasteiger partial charge < -0.3 is 15.1 Å². The Morgan fingerprint density at radius 2 is 1.92 bits per heavy atom. The van der Waals surface area contributed by atoms with Gasteiger partial charge in [0.05, 0.1) is 5.52 Å². The Hall–Kier alpha value is -2.67. The number of amides is 2. The van der Waals surface area contributed by atoms with Crippen molar-refractivity contribution in [3.05, 3.63) is 53.0 Å². The van der Waals surface area contributed by atoms with Gasteiger partial charge in [0, 0.05) is 28.9 Å². The number of carbonyl (C=O) groups excluding carboxylic acids is 1. The lowest BCUT2D eigenvalue weighted by atomic mass is 10.3. The molecule has 0 bridgehead atoms. The van der Waals surface area contributed by atoms with Crippen LogP contribution in [0.4, 0.5) is 16.2 Å².